The Morgan fingerprint density at radius 1 is 1.25 bits per heavy atom. The number of hydrogen-bond acceptors (Lipinski definition) is 4. The molecule has 0 aromatic rings. The molecule has 20 heavy (non-hydrogen) atoms. The molecule has 0 aromatic carbocycles. The third-order valence-electron chi connectivity index (χ3n) is 5.43. The largest absolute Gasteiger partial charge is 0.379 e. The number of fused-ring (bicyclic) bond motifs is 1. The maximum Gasteiger partial charge on any atom is 0.0684 e. The van der Waals surface area contributed by atoms with E-state index < -0.39 is 0 Å². The quantitative estimate of drug-likeness (QED) is 0.847. The van der Waals surface area contributed by atoms with Crippen molar-refractivity contribution in [3.63, 3.8) is 0 Å². The normalized spacial score (nSPS) is 38.9. The zero-order valence-electron chi connectivity index (χ0n) is 13.2. The van der Waals surface area contributed by atoms with Crippen molar-refractivity contribution in [2.45, 2.75) is 51.8 Å². The van der Waals surface area contributed by atoms with E-state index in [9.17, 15) is 0 Å². The van der Waals surface area contributed by atoms with E-state index in [0.29, 0.717) is 18.2 Å². The van der Waals surface area contributed by atoms with Crippen LogP contribution < -0.4 is 5.32 Å². The highest BCUT2D eigenvalue weighted by Crippen LogP contribution is 2.51. The molecule has 0 spiro atoms. The maximum atomic E-state index is 5.99. The molecule has 1 saturated carbocycles. The molecule has 4 nitrogen and oxygen atoms in total. The molecule has 0 bridgehead atoms. The van der Waals surface area contributed by atoms with E-state index in [1.54, 1.807) is 0 Å². The molecule has 2 aliphatic heterocycles. The van der Waals surface area contributed by atoms with Crippen molar-refractivity contribution < 1.29 is 9.47 Å². The van der Waals surface area contributed by atoms with Gasteiger partial charge in [-0.05, 0) is 19.8 Å². The predicted molar refractivity (Wildman–Crippen MR) is 79.9 cm³/mol. The van der Waals surface area contributed by atoms with E-state index in [-0.39, 0.29) is 5.41 Å². The molecule has 1 aliphatic carbocycles. The lowest BCUT2D eigenvalue weighted by molar-refractivity contribution is -0.194. The molecule has 4 heteroatoms. The summed E-state index contributed by atoms with van der Waals surface area (Å²) >= 11 is 0. The zero-order chi connectivity index (χ0) is 14.2. The van der Waals surface area contributed by atoms with Crippen molar-refractivity contribution in [1.29, 1.82) is 0 Å². The van der Waals surface area contributed by atoms with Gasteiger partial charge in [-0.2, -0.15) is 0 Å². The molecule has 3 fully saturated rings. The highest BCUT2D eigenvalue weighted by Gasteiger charge is 2.57. The van der Waals surface area contributed by atoms with E-state index in [1.165, 1.54) is 12.8 Å². The Balaban J connectivity index is 1.51. The minimum absolute atomic E-state index is 0.282. The minimum Gasteiger partial charge on any atom is -0.379 e. The monoisotopic (exact) mass is 282 g/mol. The van der Waals surface area contributed by atoms with Crippen molar-refractivity contribution in [3.05, 3.63) is 0 Å². The molecule has 2 heterocycles. The molecule has 0 amide bonds. The second-order valence-corrected chi connectivity index (χ2v) is 7.38. The van der Waals surface area contributed by atoms with Gasteiger partial charge in [0.05, 0.1) is 19.3 Å². The number of ether oxygens (including phenoxy) is 2. The Kier molecular flexibility index (Phi) is 4.37. The summed E-state index contributed by atoms with van der Waals surface area (Å²) in [6, 6.07) is 1.16. The topological polar surface area (TPSA) is 33.7 Å². The summed E-state index contributed by atoms with van der Waals surface area (Å²) in [6.45, 7) is 13.1. The molecule has 2 saturated heterocycles. The van der Waals surface area contributed by atoms with Crippen LogP contribution in [-0.4, -0.2) is 62.5 Å². The van der Waals surface area contributed by atoms with Crippen LogP contribution >= 0.6 is 0 Å². The van der Waals surface area contributed by atoms with Crippen molar-refractivity contribution >= 4 is 0 Å². The van der Waals surface area contributed by atoms with Crippen LogP contribution in [-0.2, 0) is 9.47 Å². The third kappa shape index (κ3) is 2.76. The van der Waals surface area contributed by atoms with Crippen molar-refractivity contribution in [2.75, 3.05) is 39.5 Å². The minimum atomic E-state index is 0.282. The van der Waals surface area contributed by atoms with E-state index in [1.807, 2.05) is 0 Å². The third-order valence-corrected chi connectivity index (χ3v) is 5.43. The number of hydrogen-bond donors (Lipinski definition) is 1. The van der Waals surface area contributed by atoms with Crippen LogP contribution in [0.4, 0.5) is 0 Å². The first-order chi connectivity index (χ1) is 9.59. The number of nitrogens with zero attached hydrogens (tertiary/aromatic N) is 1. The smallest absolute Gasteiger partial charge is 0.0684 e. The Bertz CT molecular complexity index is 328. The van der Waals surface area contributed by atoms with Gasteiger partial charge >= 0.3 is 0 Å². The van der Waals surface area contributed by atoms with Gasteiger partial charge in [-0.3, -0.25) is 4.90 Å². The van der Waals surface area contributed by atoms with Crippen LogP contribution in [0.15, 0.2) is 0 Å². The molecule has 0 radical (unpaired) electrons. The van der Waals surface area contributed by atoms with E-state index >= 15 is 0 Å². The Morgan fingerprint density at radius 2 is 2.00 bits per heavy atom. The SMILES string of the molecule is CC(CN1CCOCC1)NC1C2CCCOC2C1(C)C. The Labute approximate surface area is 123 Å². The van der Waals surface area contributed by atoms with Gasteiger partial charge in [-0.1, -0.05) is 13.8 Å². The van der Waals surface area contributed by atoms with Crippen molar-refractivity contribution in [2.24, 2.45) is 11.3 Å². The summed E-state index contributed by atoms with van der Waals surface area (Å²) in [6.07, 6.45) is 3.04. The van der Waals surface area contributed by atoms with Crippen molar-refractivity contribution in [1.82, 2.24) is 10.2 Å². The van der Waals surface area contributed by atoms with Gasteiger partial charge in [-0.25, -0.2) is 0 Å². The Hall–Kier alpha value is -0.160. The van der Waals surface area contributed by atoms with Gasteiger partial charge in [0.25, 0.3) is 0 Å². The Morgan fingerprint density at radius 3 is 2.75 bits per heavy atom. The molecule has 4 atom stereocenters. The molecule has 116 valence electrons. The highest BCUT2D eigenvalue weighted by atomic mass is 16.5. The van der Waals surface area contributed by atoms with Crippen LogP contribution in [0, 0.1) is 11.3 Å². The lowest BCUT2D eigenvalue weighted by Gasteiger charge is -2.60. The van der Waals surface area contributed by atoms with Crippen LogP contribution in [0.3, 0.4) is 0 Å². The summed E-state index contributed by atoms with van der Waals surface area (Å²) in [7, 11) is 0. The van der Waals surface area contributed by atoms with Gasteiger partial charge in [0.1, 0.15) is 0 Å². The van der Waals surface area contributed by atoms with Gasteiger partial charge in [-0.15, -0.1) is 0 Å². The standard InChI is InChI=1S/C16H30N2O2/c1-12(11-18-6-9-19-10-7-18)17-14-13-5-4-8-20-15(13)16(14,2)3/h12-15,17H,4-11H2,1-3H3. The summed E-state index contributed by atoms with van der Waals surface area (Å²) in [4.78, 5) is 2.52. The molecule has 4 unspecified atom stereocenters. The van der Waals surface area contributed by atoms with Crippen LogP contribution in [0.1, 0.15) is 33.6 Å². The summed E-state index contributed by atoms with van der Waals surface area (Å²) < 4.78 is 11.4. The van der Waals surface area contributed by atoms with E-state index in [4.69, 9.17) is 9.47 Å². The van der Waals surface area contributed by atoms with Crippen molar-refractivity contribution in [3.8, 4) is 0 Å². The zero-order valence-corrected chi connectivity index (χ0v) is 13.2. The molecular weight excluding hydrogens is 252 g/mol. The predicted octanol–water partition coefficient (Wildman–Crippen LogP) is 1.50. The summed E-state index contributed by atoms with van der Waals surface area (Å²) in [5, 5.41) is 3.89. The lowest BCUT2D eigenvalue weighted by atomic mass is 9.55. The second-order valence-electron chi connectivity index (χ2n) is 7.38. The highest BCUT2D eigenvalue weighted by molar-refractivity contribution is 5.10. The molecule has 1 N–H and O–H groups in total. The molecule has 0 aromatic heterocycles. The van der Waals surface area contributed by atoms with Crippen LogP contribution in [0.2, 0.25) is 0 Å². The fourth-order valence-corrected chi connectivity index (χ4v) is 4.39. The molecule has 3 rings (SSSR count). The average Bonchev–Trinajstić information content (AvgIpc) is 2.46. The molecule has 3 aliphatic rings. The fraction of sp³-hybridized carbons (Fsp3) is 1.00. The summed E-state index contributed by atoms with van der Waals surface area (Å²) in [5.74, 6) is 0.728. The number of morpholine rings is 1. The first-order valence-corrected chi connectivity index (χ1v) is 8.27. The molecular formula is C16H30N2O2. The lowest BCUT2D eigenvalue weighted by Crippen LogP contribution is -2.70. The maximum absolute atomic E-state index is 5.99. The van der Waals surface area contributed by atoms with Gasteiger partial charge in [0, 0.05) is 49.7 Å². The number of rotatable bonds is 4. The second kappa shape index (κ2) is 5.91. The first-order valence-electron chi connectivity index (χ1n) is 8.27. The summed E-state index contributed by atoms with van der Waals surface area (Å²) in [5.41, 5.74) is 0.282. The fourth-order valence-electron chi connectivity index (χ4n) is 4.39. The van der Waals surface area contributed by atoms with Gasteiger partial charge in [0.15, 0.2) is 0 Å². The van der Waals surface area contributed by atoms with E-state index in [0.717, 1.165) is 45.4 Å². The van der Waals surface area contributed by atoms with Gasteiger partial charge in [0.2, 0.25) is 0 Å². The van der Waals surface area contributed by atoms with E-state index in [2.05, 4.69) is 31.0 Å². The van der Waals surface area contributed by atoms with Crippen LogP contribution in [0.25, 0.3) is 0 Å². The van der Waals surface area contributed by atoms with Gasteiger partial charge < -0.3 is 14.8 Å². The number of nitrogens with one attached hydrogen (secondary N) is 1. The first kappa shape index (κ1) is 14.8. The average molecular weight is 282 g/mol. The van der Waals surface area contributed by atoms with Crippen LogP contribution in [0.5, 0.6) is 0 Å².